The molecule has 5 rings (SSSR count). The van der Waals surface area contributed by atoms with E-state index < -0.39 is 17.7 Å². The molecule has 3 heterocycles. The Balaban J connectivity index is 0.000000426. The Hall–Kier alpha value is -3.38. The van der Waals surface area contributed by atoms with E-state index in [0.717, 1.165) is 29.5 Å². The number of likely N-dealkylation sites (N-methyl/N-ethyl adjacent to an activating group) is 1. The lowest BCUT2D eigenvalue weighted by Gasteiger charge is -2.47. The summed E-state index contributed by atoms with van der Waals surface area (Å²) in [5.74, 6) is -2.13. The van der Waals surface area contributed by atoms with Crippen molar-refractivity contribution in [1.29, 1.82) is 0 Å². The van der Waals surface area contributed by atoms with Gasteiger partial charge >= 0.3 is 12.1 Å². The van der Waals surface area contributed by atoms with Crippen molar-refractivity contribution in [2.75, 3.05) is 13.7 Å². The van der Waals surface area contributed by atoms with Gasteiger partial charge in [-0.1, -0.05) is 17.7 Å². The summed E-state index contributed by atoms with van der Waals surface area (Å²) in [4.78, 5) is 33.0. The maximum Gasteiger partial charge on any atom is 0.490 e. The number of carbonyl (C=O) groups excluding carboxylic acids is 1. The van der Waals surface area contributed by atoms with Crippen LogP contribution in [0.4, 0.5) is 13.2 Å². The van der Waals surface area contributed by atoms with Crippen LogP contribution in [0, 0.1) is 5.92 Å². The molecule has 2 aliphatic heterocycles. The molecule has 4 atom stereocenters. The van der Waals surface area contributed by atoms with Crippen LogP contribution in [0.5, 0.6) is 5.75 Å². The molecule has 0 saturated heterocycles. The topological polar surface area (TPSA) is 127 Å². The molecule has 1 aromatic heterocycles. The summed E-state index contributed by atoms with van der Waals surface area (Å²) >= 11 is 6.16. The molecule has 0 unspecified atom stereocenters. The third kappa shape index (κ3) is 5.02. The van der Waals surface area contributed by atoms with E-state index in [2.05, 4.69) is 4.98 Å². The van der Waals surface area contributed by atoms with Crippen LogP contribution in [-0.4, -0.2) is 64.9 Å². The smallest absolute Gasteiger partial charge is 0.490 e. The van der Waals surface area contributed by atoms with Gasteiger partial charge in [0.2, 0.25) is 0 Å². The van der Waals surface area contributed by atoms with E-state index in [0.29, 0.717) is 23.8 Å². The Labute approximate surface area is 221 Å². The van der Waals surface area contributed by atoms with E-state index in [-0.39, 0.29) is 30.0 Å². The van der Waals surface area contributed by atoms with E-state index in [9.17, 15) is 18.0 Å². The van der Waals surface area contributed by atoms with Gasteiger partial charge in [-0.15, -0.1) is 0 Å². The quantitative estimate of drug-likeness (QED) is 0.587. The van der Waals surface area contributed by atoms with E-state index in [1.165, 1.54) is 4.90 Å². The zero-order valence-corrected chi connectivity index (χ0v) is 21.3. The fraction of sp³-hybridized carbons (Fsp3) is 0.440. The number of carboxylic acid groups (broad SMARTS) is 1. The summed E-state index contributed by atoms with van der Waals surface area (Å²) in [6.45, 7) is 2.63. The number of nitrogens with two attached hydrogens (primary N) is 1. The number of amides is 1. The number of aliphatic carboxylic acids is 1. The minimum absolute atomic E-state index is 0.0729. The predicted octanol–water partition coefficient (Wildman–Crippen LogP) is 3.98. The number of halogens is 4. The Morgan fingerprint density at radius 1 is 1.29 bits per heavy atom. The highest BCUT2D eigenvalue weighted by molar-refractivity contribution is 6.30. The highest BCUT2D eigenvalue weighted by Crippen LogP contribution is 2.54. The Morgan fingerprint density at radius 3 is 2.58 bits per heavy atom. The average molecular weight is 555 g/mol. The molecule has 13 heteroatoms. The number of rotatable bonds is 3. The first-order valence-electron chi connectivity index (χ1n) is 11.9. The molecule has 38 heavy (non-hydrogen) atoms. The number of ether oxygens (including phenoxy) is 2. The lowest BCUT2D eigenvalue weighted by molar-refractivity contribution is -0.192. The number of pyridine rings is 1. The van der Waals surface area contributed by atoms with Crippen molar-refractivity contribution in [3.8, 4) is 16.9 Å². The van der Waals surface area contributed by atoms with E-state index >= 15 is 0 Å². The zero-order valence-electron chi connectivity index (χ0n) is 20.5. The number of benzene rings is 1. The first-order valence-corrected chi connectivity index (χ1v) is 12.2. The SMILES string of the molecule is CCO[C@H]1CC[C@@H]2Oc3ccc(-c4cncc(Cl)c4)cc3[C@]3(N=C(N)N(C)C3=O)[C@H]2C1.O=C(O)C(F)(F)F. The standard InChI is InChI=1S/C23H25ClN4O3.C2HF3O2/c1-3-30-16-5-7-20-18(10-16)23(21(29)28(2)22(25)27-23)17-9-13(4-6-19(17)31-20)14-8-15(24)12-26-11-14;3-2(4,5)1(6)7/h4,6,8-9,11-12,16,18,20H,3,5,7,10H2,1-2H3,(H2,25,27);(H,6,7)/t16-,18-,20-,23-;/m0./s1. The summed E-state index contributed by atoms with van der Waals surface area (Å²) in [7, 11) is 1.67. The summed E-state index contributed by atoms with van der Waals surface area (Å²) in [5.41, 5.74) is 7.54. The number of carbonyl (C=O) groups is 2. The minimum Gasteiger partial charge on any atom is -0.490 e. The van der Waals surface area contributed by atoms with E-state index in [1.807, 2.05) is 31.2 Å². The molecule has 0 bridgehead atoms. The second kappa shape index (κ2) is 10.4. The van der Waals surface area contributed by atoms with Crippen molar-refractivity contribution < 1.29 is 37.3 Å². The second-order valence-electron chi connectivity index (χ2n) is 9.16. The summed E-state index contributed by atoms with van der Waals surface area (Å²) < 4.78 is 44.1. The number of alkyl halides is 3. The van der Waals surface area contributed by atoms with Crippen LogP contribution >= 0.6 is 11.6 Å². The molecule has 1 spiro atoms. The Bertz CT molecular complexity index is 1270. The van der Waals surface area contributed by atoms with Crippen LogP contribution in [0.2, 0.25) is 5.02 Å². The molecule has 3 N–H and O–H groups in total. The van der Waals surface area contributed by atoms with Gasteiger partial charge < -0.3 is 20.3 Å². The van der Waals surface area contributed by atoms with Gasteiger partial charge in [0.05, 0.1) is 11.1 Å². The number of aromatic nitrogens is 1. The van der Waals surface area contributed by atoms with Crippen LogP contribution in [0.25, 0.3) is 11.1 Å². The fourth-order valence-electron chi connectivity index (χ4n) is 5.19. The van der Waals surface area contributed by atoms with Crippen LogP contribution < -0.4 is 10.5 Å². The predicted molar refractivity (Wildman–Crippen MR) is 132 cm³/mol. The number of nitrogens with zero attached hydrogens (tertiary/aromatic N) is 3. The monoisotopic (exact) mass is 554 g/mol. The molecule has 9 nitrogen and oxygen atoms in total. The van der Waals surface area contributed by atoms with Crippen LogP contribution in [0.1, 0.15) is 31.7 Å². The molecule has 1 aliphatic carbocycles. The molecule has 204 valence electrons. The molecular weight excluding hydrogens is 529 g/mol. The Kier molecular flexibility index (Phi) is 7.57. The number of carboxylic acids is 1. The number of aliphatic imine (C=N–C) groups is 1. The van der Waals surface area contributed by atoms with Gasteiger partial charge in [0, 0.05) is 43.1 Å². The largest absolute Gasteiger partial charge is 0.490 e. The average Bonchev–Trinajstić information content (AvgIpc) is 3.09. The molecular formula is C25H26ClF3N4O5. The molecule has 1 amide bonds. The summed E-state index contributed by atoms with van der Waals surface area (Å²) in [6, 6.07) is 7.69. The van der Waals surface area contributed by atoms with Gasteiger partial charge in [-0.05, 0) is 49.9 Å². The zero-order chi connectivity index (χ0) is 27.8. The van der Waals surface area contributed by atoms with E-state index in [4.69, 9.17) is 41.7 Å². The fourth-order valence-corrected chi connectivity index (χ4v) is 5.37. The molecule has 1 saturated carbocycles. The normalized spacial score (nSPS) is 26.1. The third-order valence-corrected chi connectivity index (χ3v) is 7.10. The van der Waals surface area contributed by atoms with Gasteiger partial charge in [0.1, 0.15) is 11.9 Å². The maximum atomic E-state index is 13.7. The van der Waals surface area contributed by atoms with Crippen LogP contribution in [-0.2, 0) is 19.9 Å². The molecule has 2 aromatic rings. The van der Waals surface area contributed by atoms with Crippen LogP contribution in [0.15, 0.2) is 41.7 Å². The van der Waals surface area contributed by atoms with Gasteiger partial charge in [-0.2, -0.15) is 13.2 Å². The lowest BCUT2D eigenvalue weighted by Crippen LogP contribution is -2.55. The lowest BCUT2D eigenvalue weighted by atomic mass is 9.66. The number of guanidine groups is 1. The minimum atomic E-state index is -5.08. The van der Waals surface area contributed by atoms with Gasteiger partial charge in [0.25, 0.3) is 5.91 Å². The van der Waals surface area contributed by atoms with Crippen molar-refractivity contribution in [3.05, 3.63) is 47.2 Å². The van der Waals surface area contributed by atoms with E-state index in [1.54, 1.807) is 19.4 Å². The summed E-state index contributed by atoms with van der Waals surface area (Å²) in [6.07, 6.45) is 0.614. The van der Waals surface area contributed by atoms with Gasteiger partial charge in [0.15, 0.2) is 11.5 Å². The van der Waals surface area contributed by atoms with Gasteiger partial charge in [-0.25, -0.2) is 9.79 Å². The van der Waals surface area contributed by atoms with Crippen molar-refractivity contribution in [2.45, 2.75) is 50.1 Å². The number of fused-ring (bicyclic) bond motifs is 4. The number of hydrogen-bond acceptors (Lipinski definition) is 7. The third-order valence-electron chi connectivity index (χ3n) is 6.89. The molecule has 3 aliphatic rings. The molecule has 1 fully saturated rings. The molecule has 0 radical (unpaired) electrons. The highest BCUT2D eigenvalue weighted by atomic mass is 35.5. The van der Waals surface area contributed by atoms with Gasteiger partial charge in [-0.3, -0.25) is 14.7 Å². The Morgan fingerprint density at radius 2 is 2.00 bits per heavy atom. The number of hydrogen-bond donors (Lipinski definition) is 2. The van der Waals surface area contributed by atoms with Crippen molar-refractivity contribution in [1.82, 2.24) is 9.88 Å². The molecule has 1 aromatic carbocycles. The van der Waals surface area contributed by atoms with Crippen molar-refractivity contribution in [2.24, 2.45) is 16.6 Å². The highest BCUT2D eigenvalue weighted by Gasteiger charge is 2.61. The second-order valence-corrected chi connectivity index (χ2v) is 9.60. The maximum absolute atomic E-state index is 13.7. The van der Waals surface area contributed by atoms with Crippen molar-refractivity contribution >= 4 is 29.4 Å². The van der Waals surface area contributed by atoms with Crippen molar-refractivity contribution in [3.63, 3.8) is 0 Å². The first kappa shape index (κ1) is 27.6. The summed E-state index contributed by atoms with van der Waals surface area (Å²) in [5, 5.41) is 7.67. The first-order chi connectivity index (χ1) is 17.9. The van der Waals surface area contributed by atoms with Crippen LogP contribution in [0.3, 0.4) is 0 Å².